The Labute approximate surface area is 233 Å². The summed E-state index contributed by atoms with van der Waals surface area (Å²) in [5.41, 5.74) is 1.93. The van der Waals surface area contributed by atoms with Crippen molar-refractivity contribution < 1.29 is 33.7 Å². The van der Waals surface area contributed by atoms with E-state index in [-0.39, 0.29) is 33.7 Å². The Bertz CT molecular complexity index is 1710. The average molecular weight is 563 g/mol. The first-order chi connectivity index (χ1) is 19.1. The van der Waals surface area contributed by atoms with Crippen LogP contribution in [-0.2, 0) is 9.59 Å². The summed E-state index contributed by atoms with van der Waals surface area (Å²) in [5.74, 6) is -1.57. The third kappa shape index (κ3) is 4.08. The third-order valence-corrected chi connectivity index (χ3v) is 7.94. The van der Waals surface area contributed by atoms with Crippen molar-refractivity contribution in [1.82, 2.24) is 14.4 Å². The molecule has 0 bridgehead atoms. The summed E-state index contributed by atoms with van der Waals surface area (Å²) in [6, 6.07) is 7.39. The number of thiazole rings is 1. The lowest BCUT2D eigenvalue weighted by Crippen LogP contribution is -2.29. The lowest BCUT2D eigenvalue weighted by molar-refractivity contribution is -0.132. The molecule has 0 saturated carbocycles. The molecule has 1 N–H and O–H groups in total. The molecule has 0 spiro atoms. The SMILES string of the molecule is COc1cc(C2/C(=C(\O)c3c(C)nc4ccccn34)C(=O)C(=O)N2c2nc(C)c(C(C)=O)s2)cc(OC)c1OC. The molecule has 5 rings (SSSR count). The van der Waals surface area contributed by atoms with Crippen molar-refractivity contribution in [2.24, 2.45) is 0 Å². The molecule has 206 valence electrons. The largest absolute Gasteiger partial charge is 0.505 e. The molecular formula is C28H26N4O7S. The van der Waals surface area contributed by atoms with Gasteiger partial charge in [0.05, 0.1) is 49.2 Å². The number of hydrogen-bond donors (Lipinski definition) is 1. The number of benzene rings is 1. The number of anilines is 1. The van der Waals surface area contributed by atoms with Gasteiger partial charge in [0.25, 0.3) is 5.78 Å². The number of amides is 1. The number of pyridine rings is 1. The number of carbonyl (C=O) groups is 3. The van der Waals surface area contributed by atoms with Crippen LogP contribution in [-0.4, -0.2) is 58.3 Å². The maximum absolute atomic E-state index is 13.7. The molecule has 4 aromatic rings. The molecule has 4 heterocycles. The zero-order valence-corrected chi connectivity index (χ0v) is 23.5. The first kappa shape index (κ1) is 26.9. The van der Waals surface area contributed by atoms with Gasteiger partial charge in [-0.3, -0.25) is 23.7 Å². The fourth-order valence-corrected chi connectivity index (χ4v) is 5.93. The predicted octanol–water partition coefficient (Wildman–Crippen LogP) is 4.26. The highest BCUT2D eigenvalue weighted by Gasteiger charge is 2.49. The fraction of sp³-hybridized carbons (Fsp3) is 0.250. The van der Waals surface area contributed by atoms with Crippen molar-refractivity contribution in [2.75, 3.05) is 26.2 Å². The van der Waals surface area contributed by atoms with Gasteiger partial charge in [0, 0.05) is 13.1 Å². The van der Waals surface area contributed by atoms with Crippen LogP contribution in [0.5, 0.6) is 17.2 Å². The lowest BCUT2D eigenvalue weighted by Gasteiger charge is -2.24. The number of rotatable bonds is 7. The number of aryl methyl sites for hydroxylation is 2. The molecule has 1 atom stereocenters. The zero-order valence-electron chi connectivity index (χ0n) is 22.6. The highest BCUT2D eigenvalue weighted by atomic mass is 32.1. The van der Waals surface area contributed by atoms with Crippen molar-refractivity contribution in [3.8, 4) is 17.2 Å². The average Bonchev–Trinajstić information content (AvgIpc) is 3.57. The molecule has 1 saturated heterocycles. The minimum atomic E-state index is -1.15. The first-order valence-electron chi connectivity index (χ1n) is 12.2. The smallest absolute Gasteiger partial charge is 0.301 e. The number of aliphatic hydroxyl groups excluding tert-OH is 1. The molecule has 12 heteroatoms. The van der Waals surface area contributed by atoms with E-state index in [0.29, 0.717) is 33.2 Å². The van der Waals surface area contributed by atoms with Crippen LogP contribution < -0.4 is 19.1 Å². The second-order valence-electron chi connectivity index (χ2n) is 9.07. The quantitative estimate of drug-likeness (QED) is 0.152. The van der Waals surface area contributed by atoms with E-state index in [9.17, 15) is 19.5 Å². The van der Waals surface area contributed by atoms with Crippen LogP contribution in [0, 0.1) is 13.8 Å². The van der Waals surface area contributed by atoms with E-state index in [1.54, 1.807) is 54.8 Å². The molecule has 0 radical (unpaired) electrons. The van der Waals surface area contributed by atoms with Gasteiger partial charge in [-0.15, -0.1) is 0 Å². The third-order valence-electron chi connectivity index (χ3n) is 6.69. The van der Waals surface area contributed by atoms with Crippen LogP contribution in [0.2, 0.25) is 0 Å². The Morgan fingerprint density at radius 1 is 1.00 bits per heavy atom. The summed E-state index contributed by atoms with van der Waals surface area (Å²) in [6.45, 7) is 4.77. The van der Waals surface area contributed by atoms with Gasteiger partial charge >= 0.3 is 5.91 Å². The number of nitrogens with zero attached hydrogens (tertiary/aromatic N) is 4. The monoisotopic (exact) mass is 562 g/mol. The number of fused-ring (bicyclic) bond motifs is 1. The van der Waals surface area contributed by atoms with E-state index in [0.717, 1.165) is 11.3 Å². The zero-order chi connectivity index (χ0) is 28.9. The number of hydrogen-bond acceptors (Lipinski definition) is 10. The molecule has 40 heavy (non-hydrogen) atoms. The Hall–Kier alpha value is -4.71. The second-order valence-corrected chi connectivity index (χ2v) is 10.0. The normalized spacial score (nSPS) is 16.6. The molecule has 3 aromatic heterocycles. The van der Waals surface area contributed by atoms with Crippen LogP contribution in [0.15, 0.2) is 42.1 Å². The number of ether oxygens (including phenoxy) is 3. The highest BCUT2D eigenvalue weighted by Crippen LogP contribution is 2.48. The molecule has 1 aromatic carbocycles. The Morgan fingerprint density at radius 3 is 2.25 bits per heavy atom. The van der Waals surface area contributed by atoms with E-state index >= 15 is 0 Å². The summed E-state index contributed by atoms with van der Waals surface area (Å²) in [7, 11) is 4.35. The minimum Gasteiger partial charge on any atom is -0.505 e. The number of carbonyl (C=O) groups excluding carboxylic acids is 3. The number of ketones is 2. The molecule has 1 aliphatic rings. The van der Waals surface area contributed by atoms with E-state index < -0.39 is 23.5 Å². The van der Waals surface area contributed by atoms with Crippen molar-refractivity contribution in [3.63, 3.8) is 0 Å². The molecule has 1 unspecified atom stereocenters. The van der Waals surface area contributed by atoms with Gasteiger partial charge < -0.3 is 19.3 Å². The lowest BCUT2D eigenvalue weighted by atomic mass is 9.95. The van der Waals surface area contributed by atoms with E-state index in [1.165, 1.54) is 33.2 Å². The van der Waals surface area contributed by atoms with Crippen LogP contribution >= 0.6 is 11.3 Å². The summed E-state index contributed by atoms with van der Waals surface area (Å²) >= 11 is 0.997. The second kappa shape index (κ2) is 10.1. The molecule has 1 amide bonds. The van der Waals surface area contributed by atoms with Gasteiger partial charge in [-0.2, -0.15) is 0 Å². The van der Waals surface area contributed by atoms with Gasteiger partial charge in [0.15, 0.2) is 28.2 Å². The van der Waals surface area contributed by atoms with Crippen LogP contribution in [0.1, 0.15) is 45.3 Å². The summed E-state index contributed by atoms with van der Waals surface area (Å²) in [6.07, 6.45) is 1.71. The van der Waals surface area contributed by atoms with Crippen molar-refractivity contribution in [2.45, 2.75) is 26.8 Å². The van der Waals surface area contributed by atoms with Crippen molar-refractivity contribution in [1.29, 1.82) is 0 Å². The number of Topliss-reactive ketones (excluding diaryl/α,β-unsaturated/α-hetero) is 2. The van der Waals surface area contributed by atoms with E-state index in [4.69, 9.17) is 14.2 Å². The van der Waals surface area contributed by atoms with Crippen molar-refractivity contribution >= 4 is 45.3 Å². The number of aliphatic hydroxyl groups is 1. The van der Waals surface area contributed by atoms with Gasteiger partial charge in [-0.1, -0.05) is 17.4 Å². The minimum absolute atomic E-state index is 0.137. The first-order valence-corrected chi connectivity index (χ1v) is 13.0. The molecule has 1 aliphatic heterocycles. The fourth-order valence-electron chi connectivity index (χ4n) is 4.94. The van der Waals surface area contributed by atoms with Crippen molar-refractivity contribution in [3.05, 3.63) is 69.6 Å². The summed E-state index contributed by atoms with van der Waals surface area (Å²) < 4.78 is 18.2. The van der Waals surface area contributed by atoms with Gasteiger partial charge in [-0.25, -0.2) is 9.97 Å². The molecule has 1 fully saturated rings. The van der Waals surface area contributed by atoms with Gasteiger partial charge in [-0.05, 0) is 43.7 Å². The Morgan fingerprint density at radius 2 is 1.68 bits per heavy atom. The van der Waals surface area contributed by atoms with Gasteiger partial charge in [0.1, 0.15) is 11.3 Å². The van der Waals surface area contributed by atoms with Crippen LogP contribution in [0.4, 0.5) is 5.13 Å². The number of methoxy groups -OCH3 is 3. The Kier molecular flexibility index (Phi) is 6.80. The number of imidazole rings is 1. The van der Waals surface area contributed by atoms with E-state index in [2.05, 4.69) is 9.97 Å². The maximum Gasteiger partial charge on any atom is 0.301 e. The summed E-state index contributed by atoms with van der Waals surface area (Å²) in [4.78, 5) is 50.1. The topological polar surface area (TPSA) is 133 Å². The maximum atomic E-state index is 13.7. The van der Waals surface area contributed by atoms with E-state index in [1.807, 2.05) is 0 Å². The number of aromatic nitrogens is 3. The Balaban J connectivity index is 1.83. The van der Waals surface area contributed by atoms with Crippen LogP contribution in [0.3, 0.4) is 0 Å². The molecular weight excluding hydrogens is 536 g/mol. The van der Waals surface area contributed by atoms with Gasteiger partial charge in [0.2, 0.25) is 5.75 Å². The summed E-state index contributed by atoms with van der Waals surface area (Å²) in [5, 5.41) is 11.9. The van der Waals surface area contributed by atoms with Crippen LogP contribution in [0.25, 0.3) is 11.4 Å². The molecule has 0 aliphatic carbocycles. The molecule has 11 nitrogen and oxygen atoms in total. The standard InChI is InChI=1S/C28H26N4O7S/c1-13-21(31-10-8-7-9-19(31)29-13)23(34)20-22(16-11-17(37-4)25(39-6)18(12-16)38-5)32(27(36)24(20)35)28-30-14(2)26(40-28)15(3)33/h7-12,22,34H,1-6H3/b23-20+. The predicted molar refractivity (Wildman–Crippen MR) is 148 cm³/mol. The highest BCUT2D eigenvalue weighted by molar-refractivity contribution is 7.18.